The molecule has 98 valence electrons. The van der Waals surface area contributed by atoms with E-state index in [-0.39, 0.29) is 23.2 Å². The standard InChI is InChI=1S/C11H15N3O4/c1-4-13(7(2)3)10-9(14(17)18)6-5-8(12-10)11(15)16/h5-7H,4H2,1-3H3,(H,15,16). The number of hydrogen-bond acceptors (Lipinski definition) is 5. The highest BCUT2D eigenvalue weighted by molar-refractivity contribution is 5.86. The summed E-state index contributed by atoms with van der Waals surface area (Å²) in [6.07, 6.45) is 0. The Kier molecular flexibility index (Phi) is 4.19. The Morgan fingerprint density at radius 1 is 1.56 bits per heavy atom. The van der Waals surface area contributed by atoms with Crippen molar-refractivity contribution in [2.24, 2.45) is 0 Å². The van der Waals surface area contributed by atoms with Crippen LogP contribution in [-0.4, -0.2) is 33.6 Å². The first-order valence-electron chi connectivity index (χ1n) is 5.53. The van der Waals surface area contributed by atoms with Gasteiger partial charge in [0.15, 0.2) is 5.69 Å². The third-order valence-corrected chi connectivity index (χ3v) is 2.51. The van der Waals surface area contributed by atoms with Crippen LogP contribution in [0.25, 0.3) is 0 Å². The molecular formula is C11H15N3O4. The summed E-state index contributed by atoms with van der Waals surface area (Å²) < 4.78 is 0. The van der Waals surface area contributed by atoms with Gasteiger partial charge in [-0.3, -0.25) is 10.1 Å². The number of aromatic nitrogens is 1. The summed E-state index contributed by atoms with van der Waals surface area (Å²) in [6, 6.07) is 2.31. The van der Waals surface area contributed by atoms with Crippen LogP contribution >= 0.6 is 0 Å². The first kappa shape index (κ1) is 13.9. The molecule has 7 nitrogen and oxygen atoms in total. The minimum absolute atomic E-state index is 0.00903. The van der Waals surface area contributed by atoms with Gasteiger partial charge in [-0.1, -0.05) is 0 Å². The summed E-state index contributed by atoms with van der Waals surface area (Å²) in [6.45, 7) is 6.07. The molecule has 1 heterocycles. The quantitative estimate of drug-likeness (QED) is 0.636. The molecule has 0 radical (unpaired) electrons. The van der Waals surface area contributed by atoms with Gasteiger partial charge < -0.3 is 10.0 Å². The molecule has 1 aromatic rings. The number of anilines is 1. The largest absolute Gasteiger partial charge is 0.477 e. The van der Waals surface area contributed by atoms with E-state index in [0.29, 0.717) is 6.54 Å². The fraction of sp³-hybridized carbons (Fsp3) is 0.455. The molecule has 0 unspecified atom stereocenters. The van der Waals surface area contributed by atoms with Gasteiger partial charge in [-0.2, -0.15) is 0 Å². The molecule has 0 amide bonds. The van der Waals surface area contributed by atoms with Gasteiger partial charge in [0.25, 0.3) is 0 Å². The Hall–Kier alpha value is -2.18. The van der Waals surface area contributed by atoms with Crippen molar-refractivity contribution in [2.75, 3.05) is 11.4 Å². The van der Waals surface area contributed by atoms with Crippen LogP contribution < -0.4 is 4.90 Å². The summed E-state index contributed by atoms with van der Waals surface area (Å²) in [5.74, 6) is -1.11. The van der Waals surface area contributed by atoms with Crippen molar-refractivity contribution in [1.29, 1.82) is 0 Å². The zero-order chi connectivity index (χ0) is 13.9. The Bertz CT molecular complexity index is 473. The van der Waals surface area contributed by atoms with E-state index in [2.05, 4.69) is 4.98 Å². The second-order valence-electron chi connectivity index (χ2n) is 3.98. The lowest BCUT2D eigenvalue weighted by Crippen LogP contribution is -2.32. The van der Waals surface area contributed by atoms with Crippen LogP contribution in [0.2, 0.25) is 0 Å². The van der Waals surface area contributed by atoms with E-state index in [9.17, 15) is 14.9 Å². The third kappa shape index (κ3) is 2.73. The highest BCUT2D eigenvalue weighted by Gasteiger charge is 2.24. The smallest absolute Gasteiger partial charge is 0.354 e. The van der Waals surface area contributed by atoms with E-state index in [1.165, 1.54) is 6.07 Å². The molecule has 0 aliphatic heterocycles. The number of hydrogen-bond donors (Lipinski definition) is 1. The first-order valence-corrected chi connectivity index (χ1v) is 5.53. The molecule has 0 saturated carbocycles. The Balaban J connectivity index is 3.39. The summed E-state index contributed by atoms with van der Waals surface area (Å²) in [5.41, 5.74) is -0.384. The summed E-state index contributed by atoms with van der Waals surface area (Å²) >= 11 is 0. The molecule has 0 fully saturated rings. The van der Waals surface area contributed by atoms with Crippen LogP contribution in [-0.2, 0) is 0 Å². The number of nitrogens with zero attached hydrogens (tertiary/aromatic N) is 3. The van der Waals surface area contributed by atoms with E-state index in [4.69, 9.17) is 5.11 Å². The summed E-state index contributed by atoms with van der Waals surface area (Å²) in [4.78, 5) is 26.8. The van der Waals surface area contributed by atoms with Crippen LogP contribution in [0, 0.1) is 10.1 Å². The molecule has 0 aliphatic rings. The lowest BCUT2D eigenvalue weighted by atomic mass is 10.2. The predicted molar refractivity (Wildman–Crippen MR) is 66.0 cm³/mol. The topological polar surface area (TPSA) is 96.6 Å². The van der Waals surface area contributed by atoms with E-state index in [1.807, 2.05) is 20.8 Å². The molecule has 7 heteroatoms. The predicted octanol–water partition coefficient (Wildman–Crippen LogP) is 1.92. The minimum atomic E-state index is -1.20. The monoisotopic (exact) mass is 253 g/mol. The molecule has 0 atom stereocenters. The molecule has 0 saturated heterocycles. The SMILES string of the molecule is CCN(c1nc(C(=O)O)ccc1[N+](=O)[O-])C(C)C. The molecule has 0 bridgehead atoms. The maximum absolute atomic E-state index is 10.9. The highest BCUT2D eigenvalue weighted by atomic mass is 16.6. The molecular weight excluding hydrogens is 238 g/mol. The van der Waals surface area contributed by atoms with Crippen molar-refractivity contribution in [3.8, 4) is 0 Å². The lowest BCUT2D eigenvalue weighted by molar-refractivity contribution is -0.384. The van der Waals surface area contributed by atoms with Crippen molar-refractivity contribution < 1.29 is 14.8 Å². The van der Waals surface area contributed by atoms with E-state index in [0.717, 1.165) is 6.07 Å². The number of carboxylic acids is 1. The highest BCUT2D eigenvalue weighted by Crippen LogP contribution is 2.27. The molecule has 1 rings (SSSR count). The first-order chi connectivity index (χ1) is 8.38. The molecule has 1 aromatic heterocycles. The minimum Gasteiger partial charge on any atom is -0.477 e. The Morgan fingerprint density at radius 2 is 2.17 bits per heavy atom. The van der Waals surface area contributed by atoms with Crippen LogP contribution in [0.3, 0.4) is 0 Å². The number of carboxylic acid groups (broad SMARTS) is 1. The van der Waals surface area contributed by atoms with Gasteiger partial charge in [0.1, 0.15) is 0 Å². The molecule has 1 N–H and O–H groups in total. The van der Waals surface area contributed by atoms with Crippen LogP contribution in [0.15, 0.2) is 12.1 Å². The average Bonchev–Trinajstić information content (AvgIpc) is 2.28. The number of nitro groups is 1. The summed E-state index contributed by atoms with van der Waals surface area (Å²) in [5, 5.41) is 19.8. The van der Waals surface area contributed by atoms with E-state index >= 15 is 0 Å². The number of rotatable bonds is 5. The van der Waals surface area contributed by atoms with Gasteiger partial charge in [-0.25, -0.2) is 9.78 Å². The Morgan fingerprint density at radius 3 is 2.56 bits per heavy atom. The summed E-state index contributed by atoms with van der Waals surface area (Å²) in [7, 11) is 0. The fourth-order valence-corrected chi connectivity index (χ4v) is 1.67. The Labute approximate surface area is 104 Å². The van der Waals surface area contributed by atoms with Crippen molar-refractivity contribution >= 4 is 17.5 Å². The van der Waals surface area contributed by atoms with Crippen molar-refractivity contribution in [3.05, 3.63) is 27.9 Å². The zero-order valence-electron chi connectivity index (χ0n) is 10.5. The van der Waals surface area contributed by atoms with E-state index in [1.54, 1.807) is 4.90 Å². The van der Waals surface area contributed by atoms with E-state index < -0.39 is 10.9 Å². The van der Waals surface area contributed by atoms with Gasteiger partial charge in [0.05, 0.1) is 4.92 Å². The van der Waals surface area contributed by atoms with Crippen LogP contribution in [0.1, 0.15) is 31.3 Å². The zero-order valence-corrected chi connectivity index (χ0v) is 10.5. The van der Waals surface area contributed by atoms with Gasteiger partial charge >= 0.3 is 11.7 Å². The maximum atomic E-state index is 10.9. The van der Waals surface area contributed by atoms with Gasteiger partial charge in [0, 0.05) is 18.7 Å². The second kappa shape index (κ2) is 5.44. The average molecular weight is 253 g/mol. The normalized spacial score (nSPS) is 10.4. The molecule has 18 heavy (non-hydrogen) atoms. The van der Waals surface area contributed by atoms with Crippen molar-refractivity contribution in [1.82, 2.24) is 4.98 Å². The van der Waals surface area contributed by atoms with Crippen LogP contribution in [0.5, 0.6) is 0 Å². The molecule has 0 aromatic carbocycles. The fourth-order valence-electron chi connectivity index (χ4n) is 1.67. The number of carbonyl (C=O) groups is 1. The number of pyridine rings is 1. The van der Waals surface area contributed by atoms with Gasteiger partial charge in [-0.15, -0.1) is 0 Å². The van der Waals surface area contributed by atoms with Gasteiger partial charge in [-0.05, 0) is 26.8 Å². The lowest BCUT2D eigenvalue weighted by Gasteiger charge is -2.25. The number of aromatic carboxylic acids is 1. The molecule has 0 spiro atoms. The third-order valence-electron chi connectivity index (χ3n) is 2.51. The second-order valence-corrected chi connectivity index (χ2v) is 3.98. The van der Waals surface area contributed by atoms with Crippen molar-refractivity contribution in [3.63, 3.8) is 0 Å². The van der Waals surface area contributed by atoms with Crippen LogP contribution in [0.4, 0.5) is 11.5 Å². The molecule has 0 aliphatic carbocycles. The van der Waals surface area contributed by atoms with Gasteiger partial charge in [0.2, 0.25) is 5.82 Å². The van der Waals surface area contributed by atoms with Crippen molar-refractivity contribution in [2.45, 2.75) is 26.8 Å². The maximum Gasteiger partial charge on any atom is 0.354 e.